The van der Waals surface area contributed by atoms with Gasteiger partial charge in [-0.15, -0.1) is 11.8 Å². The molecule has 2 amide bonds. The molecule has 2 aromatic carbocycles. The average molecular weight is 551 g/mol. The van der Waals surface area contributed by atoms with Gasteiger partial charge in [-0.05, 0) is 43.2 Å². The second kappa shape index (κ2) is 10.8. The van der Waals surface area contributed by atoms with Crippen LogP contribution in [0, 0.1) is 19.7 Å². The molecule has 0 spiro atoms. The minimum atomic E-state index is -0.382. The third-order valence-electron chi connectivity index (χ3n) is 7.19. The molecule has 0 saturated carbocycles. The van der Waals surface area contributed by atoms with Crippen molar-refractivity contribution < 1.29 is 18.7 Å². The summed E-state index contributed by atoms with van der Waals surface area (Å²) in [4.78, 5) is 30.6. The van der Waals surface area contributed by atoms with Crippen LogP contribution in [-0.4, -0.2) is 65.1 Å². The SMILES string of the molecule is Cc1ccc(-n2nc(C(C)(C)C)c3c2N(CC(=O)N2CCOCC2)C(=O)CSC3c2cccc(F)c2)c(C)c1. The van der Waals surface area contributed by atoms with E-state index in [2.05, 4.69) is 26.8 Å². The molecule has 2 aliphatic heterocycles. The minimum Gasteiger partial charge on any atom is -0.378 e. The quantitative estimate of drug-likeness (QED) is 0.460. The van der Waals surface area contributed by atoms with Crippen molar-refractivity contribution in [2.24, 2.45) is 0 Å². The summed E-state index contributed by atoms with van der Waals surface area (Å²) in [5, 5.41) is 4.80. The molecule has 0 bridgehead atoms. The second-order valence-electron chi connectivity index (χ2n) is 11.3. The molecule has 206 valence electrons. The molecule has 5 rings (SSSR count). The van der Waals surface area contributed by atoms with Gasteiger partial charge in [-0.1, -0.05) is 50.6 Å². The Morgan fingerprint density at radius 2 is 1.87 bits per heavy atom. The first-order valence-corrected chi connectivity index (χ1v) is 14.3. The van der Waals surface area contributed by atoms with Crippen molar-refractivity contribution in [3.8, 4) is 5.69 Å². The van der Waals surface area contributed by atoms with Gasteiger partial charge in [-0.3, -0.25) is 14.5 Å². The van der Waals surface area contributed by atoms with Crippen molar-refractivity contribution in [2.75, 3.05) is 43.5 Å². The summed E-state index contributed by atoms with van der Waals surface area (Å²) in [5.41, 5.74) is 5.01. The summed E-state index contributed by atoms with van der Waals surface area (Å²) < 4.78 is 21.7. The third kappa shape index (κ3) is 5.47. The maximum atomic E-state index is 14.5. The largest absolute Gasteiger partial charge is 0.378 e. The Kier molecular flexibility index (Phi) is 7.57. The second-order valence-corrected chi connectivity index (χ2v) is 12.4. The molecule has 1 unspecified atom stereocenters. The number of halogens is 1. The van der Waals surface area contributed by atoms with Crippen LogP contribution in [0.25, 0.3) is 5.69 Å². The number of morpholine rings is 1. The van der Waals surface area contributed by atoms with Crippen LogP contribution in [0.1, 0.15) is 54.0 Å². The highest BCUT2D eigenvalue weighted by Crippen LogP contribution is 2.48. The number of ether oxygens (including phenoxy) is 1. The topological polar surface area (TPSA) is 67.7 Å². The van der Waals surface area contributed by atoms with Crippen molar-refractivity contribution in [2.45, 2.75) is 45.3 Å². The van der Waals surface area contributed by atoms with E-state index in [1.54, 1.807) is 15.9 Å². The number of hydrogen-bond acceptors (Lipinski definition) is 5. The number of benzene rings is 2. The van der Waals surface area contributed by atoms with Crippen LogP contribution < -0.4 is 4.90 Å². The molecule has 7 nitrogen and oxygen atoms in total. The zero-order valence-electron chi connectivity index (χ0n) is 23.2. The van der Waals surface area contributed by atoms with E-state index < -0.39 is 0 Å². The van der Waals surface area contributed by atoms with Gasteiger partial charge in [0.25, 0.3) is 0 Å². The Labute approximate surface area is 233 Å². The number of aryl methyl sites for hydroxylation is 2. The van der Waals surface area contributed by atoms with Crippen LogP contribution in [0.5, 0.6) is 0 Å². The molecule has 3 aromatic rings. The number of anilines is 1. The number of thioether (sulfide) groups is 1. The number of rotatable bonds is 4. The fraction of sp³-hybridized carbons (Fsp3) is 0.433. The number of fused-ring (bicyclic) bond motifs is 1. The van der Waals surface area contributed by atoms with Crippen LogP contribution in [0.4, 0.5) is 10.2 Å². The van der Waals surface area contributed by atoms with E-state index in [1.165, 1.54) is 23.9 Å². The molecule has 3 heterocycles. The number of hydrogen-bond donors (Lipinski definition) is 0. The van der Waals surface area contributed by atoms with E-state index in [0.29, 0.717) is 32.1 Å². The molecule has 1 atom stereocenters. The lowest BCUT2D eigenvalue weighted by Gasteiger charge is -2.30. The summed E-state index contributed by atoms with van der Waals surface area (Å²) in [6, 6.07) is 12.7. The van der Waals surface area contributed by atoms with Crippen molar-refractivity contribution >= 4 is 29.4 Å². The molecule has 1 saturated heterocycles. The highest BCUT2D eigenvalue weighted by atomic mass is 32.2. The number of amides is 2. The van der Waals surface area contributed by atoms with Gasteiger partial charge >= 0.3 is 0 Å². The summed E-state index contributed by atoms with van der Waals surface area (Å²) in [5.74, 6) is 0.106. The highest BCUT2D eigenvalue weighted by Gasteiger charge is 2.40. The molecular weight excluding hydrogens is 515 g/mol. The summed E-state index contributed by atoms with van der Waals surface area (Å²) >= 11 is 1.45. The lowest BCUT2D eigenvalue weighted by molar-refractivity contribution is -0.134. The molecule has 1 aromatic heterocycles. The van der Waals surface area contributed by atoms with E-state index in [-0.39, 0.29) is 40.6 Å². The van der Waals surface area contributed by atoms with Crippen LogP contribution in [0.3, 0.4) is 0 Å². The Morgan fingerprint density at radius 3 is 2.54 bits per heavy atom. The van der Waals surface area contributed by atoms with E-state index in [1.807, 2.05) is 36.7 Å². The Bertz CT molecular complexity index is 1410. The Morgan fingerprint density at radius 1 is 1.13 bits per heavy atom. The molecule has 1 fully saturated rings. The maximum Gasteiger partial charge on any atom is 0.242 e. The van der Waals surface area contributed by atoms with Crippen LogP contribution >= 0.6 is 11.8 Å². The van der Waals surface area contributed by atoms with Crippen LogP contribution in [0.2, 0.25) is 0 Å². The summed E-state index contributed by atoms with van der Waals surface area (Å²) in [7, 11) is 0. The maximum absolute atomic E-state index is 14.5. The van der Waals surface area contributed by atoms with Gasteiger partial charge in [-0.25, -0.2) is 9.07 Å². The number of aromatic nitrogens is 2. The zero-order chi connectivity index (χ0) is 27.9. The number of carbonyl (C=O) groups is 2. The summed E-state index contributed by atoms with van der Waals surface area (Å²) in [6.07, 6.45) is 0. The molecular formula is C30H35FN4O3S. The van der Waals surface area contributed by atoms with Crippen LogP contribution in [0.15, 0.2) is 42.5 Å². The predicted molar refractivity (Wildman–Crippen MR) is 152 cm³/mol. The van der Waals surface area contributed by atoms with Gasteiger partial charge in [0.15, 0.2) is 0 Å². The first kappa shape index (κ1) is 27.4. The van der Waals surface area contributed by atoms with E-state index in [4.69, 9.17) is 9.84 Å². The average Bonchev–Trinajstić information content (AvgIpc) is 3.22. The first-order valence-electron chi connectivity index (χ1n) is 13.3. The van der Waals surface area contributed by atoms with Gasteiger partial charge in [-0.2, -0.15) is 5.10 Å². The number of nitrogens with zero attached hydrogens (tertiary/aromatic N) is 4. The smallest absolute Gasteiger partial charge is 0.242 e. The van der Waals surface area contributed by atoms with Gasteiger partial charge in [0.1, 0.15) is 18.2 Å². The lowest BCUT2D eigenvalue weighted by atomic mass is 9.87. The van der Waals surface area contributed by atoms with Gasteiger partial charge < -0.3 is 9.64 Å². The van der Waals surface area contributed by atoms with Crippen molar-refractivity contribution in [3.63, 3.8) is 0 Å². The van der Waals surface area contributed by atoms with Crippen molar-refractivity contribution in [1.29, 1.82) is 0 Å². The minimum absolute atomic E-state index is 0.0948. The molecule has 39 heavy (non-hydrogen) atoms. The molecule has 0 N–H and O–H groups in total. The standard InChI is InChI=1S/C30H35FN4O3S/c1-19-9-10-23(20(2)15-19)35-29-26(28(32-35)30(3,4)5)27(21-7-6-8-22(31)16-21)39-18-25(37)34(29)17-24(36)33-11-13-38-14-12-33/h6-10,15-16,27H,11-14,17-18H2,1-5H3. The molecule has 9 heteroatoms. The normalized spacial score (nSPS) is 18.2. The van der Waals surface area contributed by atoms with Gasteiger partial charge in [0, 0.05) is 24.1 Å². The fourth-order valence-electron chi connectivity index (χ4n) is 5.27. The van der Waals surface area contributed by atoms with Gasteiger partial charge in [0.05, 0.1) is 35.6 Å². The molecule has 0 aliphatic carbocycles. The monoisotopic (exact) mass is 550 g/mol. The van der Waals surface area contributed by atoms with Gasteiger partial charge in [0.2, 0.25) is 11.8 Å². The first-order chi connectivity index (χ1) is 18.5. The lowest BCUT2D eigenvalue weighted by Crippen LogP contribution is -2.48. The van der Waals surface area contributed by atoms with Crippen molar-refractivity contribution in [3.05, 3.63) is 76.2 Å². The molecule has 2 aliphatic rings. The predicted octanol–water partition coefficient (Wildman–Crippen LogP) is 4.95. The fourth-order valence-corrected chi connectivity index (χ4v) is 6.45. The van der Waals surface area contributed by atoms with E-state index in [0.717, 1.165) is 33.6 Å². The Balaban J connectivity index is 1.75. The van der Waals surface area contributed by atoms with E-state index >= 15 is 0 Å². The number of carbonyl (C=O) groups excluding carboxylic acids is 2. The Hall–Kier alpha value is -3.17. The van der Waals surface area contributed by atoms with E-state index in [9.17, 15) is 14.0 Å². The van der Waals surface area contributed by atoms with Crippen LogP contribution in [-0.2, 0) is 19.7 Å². The zero-order valence-corrected chi connectivity index (χ0v) is 24.0. The summed E-state index contributed by atoms with van der Waals surface area (Å²) in [6.45, 7) is 12.2. The third-order valence-corrected chi connectivity index (χ3v) is 8.44. The molecule has 0 radical (unpaired) electrons. The highest BCUT2D eigenvalue weighted by molar-refractivity contribution is 8.00. The van der Waals surface area contributed by atoms with Crippen molar-refractivity contribution in [1.82, 2.24) is 14.7 Å².